The first-order valence-electron chi connectivity index (χ1n) is 12.8. The molecule has 5 aromatic heterocycles. The van der Waals surface area contributed by atoms with E-state index in [9.17, 15) is 0 Å². The second kappa shape index (κ2) is 12.4. The lowest BCUT2D eigenvalue weighted by atomic mass is 10.2. The zero-order chi connectivity index (χ0) is 27.9. The summed E-state index contributed by atoms with van der Waals surface area (Å²) >= 11 is 0. The molecule has 0 aliphatic rings. The summed E-state index contributed by atoms with van der Waals surface area (Å²) < 4.78 is 11.0. The molecule has 0 radical (unpaired) electrons. The fraction of sp³-hybridized carbons (Fsp3) is 0.296. The van der Waals surface area contributed by atoms with Crippen molar-refractivity contribution < 1.29 is 9.05 Å². The van der Waals surface area contributed by atoms with E-state index in [1.807, 2.05) is 70.7 Å². The van der Waals surface area contributed by atoms with E-state index >= 15 is 0 Å². The molecule has 0 amide bonds. The summed E-state index contributed by atoms with van der Waals surface area (Å²) in [4.78, 5) is 27.0. The van der Waals surface area contributed by atoms with Crippen molar-refractivity contribution in [3.8, 4) is 46.2 Å². The maximum absolute atomic E-state index is 5.50. The number of hydrogen-bond acceptors (Lipinski definition) is 13. The molecule has 0 aliphatic heterocycles. The van der Waals surface area contributed by atoms with Crippen molar-refractivity contribution in [3.05, 3.63) is 54.6 Å². The molecule has 0 aromatic carbocycles. The first kappa shape index (κ1) is 26.8. The van der Waals surface area contributed by atoms with Gasteiger partial charge in [-0.1, -0.05) is 28.5 Å². The average molecular weight is 542 g/mol. The topological polar surface area (TPSA) is 147 Å². The standard InChI is InChI=1S/C27H31N11O2/c1-37(2)16-14-28-22-12-6-10-20(31-22)26-33-24(35-39-26)18-8-5-9-19(30-18)25-34-27(40-36-25)21-11-7-13-23(32-21)29-15-17-38(3)4/h5-13H,14-17H2,1-4H3,(H,28,31)(H,29,32). The highest BCUT2D eigenvalue weighted by Gasteiger charge is 2.17. The third kappa shape index (κ3) is 6.81. The molecule has 0 unspecified atom stereocenters. The van der Waals surface area contributed by atoms with Crippen molar-refractivity contribution in [3.63, 3.8) is 0 Å². The van der Waals surface area contributed by atoms with Gasteiger partial charge in [-0.25, -0.2) is 15.0 Å². The summed E-state index contributed by atoms with van der Waals surface area (Å²) in [5.41, 5.74) is 2.14. The average Bonchev–Trinajstić information content (AvgIpc) is 3.64. The summed E-state index contributed by atoms with van der Waals surface area (Å²) in [6, 6.07) is 16.6. The van der Waals surface area contributed by atoms with Crippen LogP contribution in [0.15, 0.2) is 63.6 Å². The molecule has 40 heavy (non-hydrogen) atoms. The van der Waals surface area contributed by atoms with Crippen molar-refractivity contribution in [1.29, 1.82) is 0 Å². The Morgan fingerprint density at radius 3 is 1.43 bits per heavy atom. The van der Waals surface area contributed by atoms with Gasteiger partial charge in [-0.05, 0) is 64.6 Å². The van der Waals surface area contributed by atoms with Crippen LogP contribution < -0.4 is 10.6 Å². The normalized spacial score (nSPS) is 11.3. The van der Waals surface area contributed by atoms with Crippen molar-refractivity contribution in [2.75, 3.05) is 65.0 Å². The Morgan fingerprint density at radius 1 is 0.550 bits per heavy atom. The quantitative estimate of drug-likeness (QED) is 0.238. The van der Waals surface area contributed by atoms with Gasteiger partial charge in [0, 0.05) is 26.2 Å². The van der Waals surface area contributed by atoms with Crippen LogP contribution in [-0.2, 0) is 0 Å². The molecule has 0 atom stereocenters. The van der Waals surface area contributed by atoms with Gasteiger partial charge in [0.05, 0.1) is 0 Å². The van der Waals surface area contributed by atoms with Crippen molar-refractivity contribution >= 4 is 11.6 Å². The van der Waals surface area contributed by atoms with Crippen LogP contribution in [0.1, 0.15) is 0 Å². The van der Waals surface area contributed by atoms with Gasteiger partial charge in [0.2, 0.25) is 11.6 Å². The number of hydrogen-bond donors (Lipinski definition) is 2. The van der Waals surface area contributed by atoms with E-state index in [-0.39, 0.29) is 0 Å². The lowest BCUT2D eigenvalue weighted by Gasteiger charge is -2.10. The van der Waals surface area contributed by atoms with Crippen molar-refractivity contribution in [2.45, 2.75) is 0 Å². The zero-order valence-electron chi connectivity index (χ0n) is 22.9. The van der Waals surface area contributed by atoms with Crippen LogP contribution in [0.4, 0.5) is 11.6 Å². The number of likely N-dealkylation sites (N-methyl/N-ethyl adjacent to an activating group) is 2. The van der Waals surface area contributed by atoms with E-state index < -0.39 is 0 Å². The summed E-state index contributed by atoms with van der Waals surface area (Å²) in [5.74, 6) is 2.71. The molecule has 13 nitrogen and oxygen atoms in total. The second-order valence-corrected chi connectivity index (χ2v) is 9.53. The summed E-state index contributed by atoms with van der Waals surface area (Å²) in [6.07, 6.45) is 0. The largest absolute Gasteiger partial charge is 0.369 e. The second-order valence-electron chi connectivity index (χ2n) is 9.53. The first-order chi connectivity index (χ1) is 19.4. The smallest absolute Gasteiger partial charge is 0.276 e. The van der Waals surface area contributed by atoms with Crippen molar-refractivity contribution in [2.24, 2.45) is 0 Å². The molecular formula is C27H31N11O2. The Balaban J connectivity index is 1.30. The Bertz CT molecular complexity index is 1440. The van der Waals surface area contributed by atoms with Gasteiger partial charge >= 0.3 is 0 Å². The van der Waals surface area contributed by atoms with Gasteiger partial charge in [-0.2, -0.15) is 9.97 Å². The predicted molar refractivity (Wildman–Crippen MR) is 151 cm³/mol. The SMILES string of the molecule is CN(C)CCNc1cccc(-c2nc(-c3cccc(-c4noc(-c5cccc(NCCN(C)C)n5)n4)n3)no2)n1. The summed E-state index contributed by atoms with van der Waals surface area (Å²) in [6.45, 7) is 3.31. The molecule has 0 saturated heterocycles. The molecule has 0 bridgehead atoms. The number of nitrogens with zero attached hydrogens (tertiary/aromatic N) is 9. The van der Waals surface area contributed by atoms with E-state index in [4.69, 9.17) is 9.05 Å². The van der Waals surface area contributed by atoms with E-state index in [1.54, 1.807) is 12.1 Å². The molecule has 0 aliphatic carbocycles. The fourth-order valence-corrected chi connectivity index (χ4v) is 3.67. The molecule has 0 spiro atoms. The van der Waals surface area contributed by atoms with E-state index in [2.05, 4.69) is 55.7 Å². The van der Waals surface area contributed by atoms with Gasteiger partial charge in [0.15, 0.2) is 0 Å². The van der Waals surface area contributed by atoms with Crippen LogP contribution in [0, 0.1) is 0 Å². The van der Waals surface area contributed by atoms with Crippen LogP contribution in [0.2, 0.25) is 0 Å². The van der Waals surface area contributed by atoms with E-state index in [1.165, 1.54) is 0 Å². The molecule has 5 heterocycles. The minimum Gasteiger partial charge on any atom is -0.369 e. The molecule has 0 saturated carbocycles. The van der Waals surface area contributed by atoms with Crippen LogP contribution in [0.3, 0.4) is 0 Å². The molecule has 2 N–H and O–H groups in total. The van der Waals surface area contributed by atoms with Gasteiger partial charge in [-0.3, -0.25) is 0 Å². The van der Waals surface area contributed by atoms with E-state index in [0.29, 0.717) is 46.2 Å². The number of aromatic nitrogens is 7. The van der Waals surface area contributed by atoms with Gasteiger partial charge in [0.1, 0.15) is 34.4 Å². The number of pyridine rings is 3. The third-order valence-corrected chi connectivity index (χ3v) is 5.73. The monoisotopic (exact) mass is 541 g/mol. The molecule has 0 fully saturated rings. The van der Waals surface area contributed by atoms with E-state index in [0.717, 1.165) is 37.8 Å². The highest BCUT2D eigenvalue weighted by atomic mass is 16.5. The third-order valence-electron chi connectivity index (χ3n) is 5.73. The minimum atomic E-state index is 0.297. The summed E-state index contributed by atoms with van der Waals surface area (Å²) in [5, 5.41) is 14.8. The lowest BCUT2D eigenvalue weighted by molar-refractivity contribution is 0.425. The van der Waals surface area contributed by atoms with Crippen LogP contribution >= 0.6 is 0 Å². The Hall–Kier alpha value is -4.75. The number of anilines is 2. The van der Waals surface area contributed by atoms with Crippen LogP contribution in [0.25, 0.3) is 46.2 Å². The van der Waals surface area contributed by atoms with Gasteiger partial charge < -0.3 is 29.5 Å². The highest BCUT2D eigenvalue weighted by Crippen LogP contribution is 2.24. The van der Waals surface area contributed by atoms with Gasteiger partial charge in [-0.15, -0.1) is 0 Å². The highest BCUT2D eigenvalue weighted by molar-refractivity contribution is 5.61. The first-order valence-corrected chi connectivity index (χ1v) is 12.8. The predicted octanol–water partition coefficient (Wildman–Crippen LogP) is 3.25. The summed E-state index contributed by atoms with van der Waals surface area (Å²) in [7, 11) is 8.09. The van der Waals surface area contributed by atoms with Crippen molar-refractivity contribution in [1.82, 2.24) is 45.0 Å². The Kier molecular flexibility index (Phi) is 8.32. The molecular weight excluding hydrogens is 510 g/mol. The van der Waals surface area contributed by atoms with Crippen LogP contribution in [0.5, 0.6) is 0 Å². The maximum atomic E-state index is 5.50. The maximum Gasteiger partial charge on any atom is 0.276 e. The Morgan fingerprint density at radius 2 is 0.975 bits per heavy atom. The Labute approximate surface area is 231 Å². The number of rotatable bonds is 12. The molecule has 206 valence electrons. The molecule has 13 heteroatoms. The van der Waals surface area contributed by atoms with Gasteiger partial charge in [0.25, 0.3) is 11.8 Å². The minimum absolute atomic E-state index is 0.297. The zero-order valence-corrected chi connectivity index (χ0v) is 22.9. The lowest BCUT2D eigenvalue weighted by Crippen LogP contribution is -2.21. The molecule has 5 rings (SSSR count). The molecule has 5 aromatic rings. The number of nitrogens with one attached hydrogen (secondary N) is 2. The van der Waals surface area contributed by atoms with Crippen LogP contribution in [-0.4, -0.2) is 99.4 Å². The fourth-order valence-electron chi connectivity index (χ4n) is 3.67.